The number of benzene rings is 2. The van der Waals surface area contributed by atoms with Gasteiger partial charge in [0.25, 0.3) is 15.9 Å². The van der Waals surface area contributed by atoms with Gasteiger partial charge in [-0.25, -0.2) is 8.42 Å². The Morgan fingerprint density at radius 1 is 1.11 bits per heavy atom. The van der Waals surface area contributed by atoms with E-state index in [-0.39, 0.29) is 17.4 Å². The Hall–Kier alpha value is -2.58. The van der Waals surface area contributed by atoms with Gasteiger partial charge >= 0.3 is 0 Å². The van der Waals surface area contributed by atoms with E-state index in [2.05, 4.69) is 4.72 Å². The predicted octanol–water partition coefficient (Wildman–Crippen LogP) is 2.34. The lowest BCUT2D eigenvalue weighted by Gasteiger charge is -2.26. The highest BCUT2D eigenvalue weighted by molar-refractivity contribution is 7.92. The Kier molecular flexibility index (Phi) is 6.21. The molecule has 7 nitrogen and oxygen atoms in total. The lowest BCUT2D eigenvalue weighted by Crippen LogP contribution is -2.43. The first kappa shape index (κ1) is 20.2. The van der Waals surface area contributed by atoms with Crippen molar-refractivity contribution in [3.63, 3.8) is 0 Å². The molecule has 1 aliphatic heterocycles. The first-order valence-corrected chi connectivity index (χ1v) is 10.5. The Balaban J connectivity index is 1.65. The lowest BCUT2D eigenvalue weighted by atomic mass is 10.2. The maximum absolute atomic E-state index is 12.6. The minimum atomic E-state index is -3.71. The summed E-state index contributed by atoms with van der Waals surface area (Å²) in [6, 6.07) is 11.7. The summed E-state index contributed by atoms with van der Waals surface area (Å²) in [4.78, 5) is 14.0. The second kappa shape index (κ2) is 8.62. The minimum Gasteiger partial charge on any atom is -0.483 e. The van der Waals surface area contributed by atoms with E-state index in [9.17, 15) is 13.2 Å². The van der Waals surface area contributed by atoms with Crippen molar-refractivity contribution in [2.45, 2.75) is 18.7 Å². The second-order valence-corrected chi connectivity index (χ2v) is 8.36. The van der Waals surface area contributed by atoms with E-state index in [1.807, 2.05) is 19.1 Å². The number of ether oxygens (including phenoxy) is 2. The molecule has 2 aromatic carbocycles. The molecule has 3 rings (SSSR count). The normalized spacial score (nSPS) is 14.6. The summed E-state index contributed by atoms with van der Waals surface area (Å²) in [6.07, 6.45) is 0. The molecule has 1 N–H and O–H groups in total. The van der Waals surface area contributed by atoms with Crippen LogP contribution in [0.4, 0.5) is 5.69 Å². The van der Waals surface area contributed by atoms with Gasteiger partial charge in [-0.3, -0.25) is 9.52 Å². The summed E-state index contributed by atoms with van der Waals surface area (Å²) in [5.74, 6) is 0.372. The van der Waals surface area contributed by atoms with Crippen LogP contribution in [0.15, 0.2) is 47.4 Å². The molecule has 2 aromatic rings. The second-order valence-electron chi connectivity index (χ2n) is 6.68. The van der Waals surface area contributed by atoms with Gasteiger partial charge in [0.1, 0.15) is 5.75 Å². The number of hydrogen-bond donors (Lipinski definition) is 1. The molecule has 1 amide bonds. The molecule has 1 heterocycles. The molecule has 0 bridgehead atoms. The van der Waals surface area contributed by atoms with Gasteiger partial charge < -0.3 is 14.4 Å². The number of carbonyl (C=O) groups is 1. The van der Waals surface area contributed by atoms with E-state index in [1.165, 1.54) is 12.1 Å². The third kappa shape index (κ3) is 5.02. The maximum Gasteiger partial charge on any atom is 0.261 e. The number of carbonyl (C=O) groups excluding carboxylic acids is 1. The van der Waals surface area contributed by atoms with Gasteiger partial charge in [0.2, 0.25) is 0 Å². The molecule has 0 atom stereocenters. The quantitative estimate of drug-likeness (QED) is 0.799. The van der Waals surface area contributed by atoms with Crippen LogP contribution in [0.1, 0.15) is 11.1 Å². The van der Waals surface area contributed by atoms with Crippen molar-refractivity contribution in [2.24, 2.45) is 0 Å². The maximum atomic E-state index is 12.6. The fourth-order valence-corrected chi connectivity index (χ4v) is 3.97. The number of morpholine rings is 1. The number of anilines is 1. The van der Waals surface area contributed by atoms with E-state index < -0.39 is 10.0 Å². The van der Waals surface area contributed by atoms with Crippen molar-refractivity contribution in [1.29, 1.82) is 0 Å². The van der Waals surface area contributed by atoms with Gasteiger partial charge in [-0.1, -0.05) is 17.7 Å². The van der Waals surface area contributed by atoms with Gasteiger partial charge in [-0.2, -0.15) is 0 Å². The zero-order valence-corrected chi connectivity index (χ0v) is 16.8. The molecule has 0 saturated carbocycles. The zero-order chi connectivity index (χ0) is 20.1. The molecule has 1 saturated heterocycles. The van der Waals surface area contributed by atoms with Crippen LogP contribution in [0.25, 0.3) is 0 Å². The van der Waals surface area contributed by atoms with Gasteiger partial charge in [-0.05, 0) is 49.7 Å². The highest BCUT2D eigenvalue weighted by atomic mass is 32.2. The average molecular weight is 404 g/mol. The van der Waals surface area contributed by atoms with Gasteiger partial charge in [0, 0.05) is 18.8 Å². The molecule has 0 spiro atoms. The summed E-state index contributed by atoms with van der Waals surface area (Å²) in [6.45, 7) is 5.78. The molecule has 28 heavy (non-hydrogen) atoms. The largest absolute Gasteiger partial charge is 0.483 e. The third-order valence-electron chi connectivity index (χ3n) is 4.48. The van der Waals surface area contributed by atoms with Crippen molar-refractivity contribution >= 4 is 21.6 Å². The molecule has 0 aliphatic carbocycles. The molecular formula is C20H24N2O5S. The number of nitrogens with one attached hydrogen (secondary N) is 1. The molecular weight excluding hydrogens is 380 g/mol. The smallest absolute Gasteiger partial charge is 0.261 e. The number of hydrogen-bond acceptors (Lipinski definition) is 5. The van der Waals surface area contributed by atoms with E-state index in [4.69, 9.17) is 9.47 Å². The molecule has 0 aromatic heterocycles. The number of amides is 1. The van der Waals surface area contributed by atoms with Crippen LogP contribution < -0.4 is 9.46 Å². The fourth-order valence-electron chi connectivity index (χ4n) is 2.83. The molecule has 8 heteroatoms. The van der Waals surface area contributed by atoms with Crippen LogP contribution in [0.5, 0.6) is 5.75 Å². The topological polar surface area (TPSA) is 84.9 Å². The van der Waals surface area contributed by atoms with Gasteiger partial charge in [0.15, 0.2) is 6.61 Å². The van der Waals surface area contributed by atoms with Crippen molar-refractivity contribution in [1.82, 2.24) is 4.90 Å². The van der Waals surface area contributed by atoms with Crippen LogP contribution in [0.3, 0.4) is 0 Å². The Morgan fingerprint density at radius 3 is 2.43 bits per heavy atom. The van der Waals surface area contributed by atoms with E-state index >= 15 is 0 Å². The predicted molar refractivity (Wildman–Crippen MR) is 106 cm³/mol. The highest BCUT2D eigenvalue weighted by Gasteiger charge is 2.19. The zero-order valence-electron chi connectivity index (χ0n) is 16.0. The van der Waals surface area contributed by atoms with Crippen LogP contribution >= 0.6 is 0 Å². The van der Waals surface area contributed by atoms with Crippen molar-refractivity contribution in [2.75, 3.05) is 37.6 Å². The summed E-state index contributed by atoms with van der Waals surface area (Å²) < 4.78 is 38.6. The molecule has 0 radical (unpaired) electrons. The SMILES string of the molecule is Cc1ccc(NS(=O)(=O)c2ccc(OCC(=O)N3CCOCC3)c(C)c2)cc1. The fraction of sp³-hybridized carbons (Fsp3) is 0.350. The van der Waals surface area contributed by atoms with Crippen molar-refractivity contribution in [3.05, 3.63) is 53.6 Å². The average Bonchev–Trinajstić information content (AvgIpc) is 2.69. The molecule has 1 fully saturated rings. The van der Waals surface area contributed by atoms with Gasteiger partial charge in [-0.15, -0.1) is 0 Å². The van der Waals surface area contributed by atoms with Crippen molar-refractivity contribution < 1.29 is 22.7 Å². The Bertz CT molecular complexity index is 936. The van der Waals surface area contributed by atoms with Crippen LogP contribution in [0, 0.1) is 13.8 Å². The number of sulfonamides is 1. The van der Waals surface area contributed by atoms with E-state index in [0.717, 1.165) is 5.56 Å². The van der Waals surface area contributed by atoms with E-state index in [1.54, 1.807) is 30.0 Å². The number of aryl methyl sites for hydroxylation is 2. The lowest BCUT2D eigenvalue weighted by molar-refractivity contribution is -0.137. The number of nitrogens with zero attached hydrogens (tertiary/aromatic N) is 1. The van der Waals surface area contributed by atoms with Crippen LogP contribution in [0.2, 0.25) is 0 Å². The summed E-state index contributed by atoms with van der Waals surface area (Å²) >= 11 is 0. The molecule has 0 unspecified atom stereocenters. The molecule has 1 aliphatic rings. The first-order chi connectivity index (χ1) is 13.3. The summed E-state index contributed by atoms with van der Waals surface area (Å²) in [5.41, 5.74) is 2.19. The minimum absolute atomic E-state index is 0.0887. The van der Waals surface area contributed by atoms with E-state index in [0.29, 0.717) is 43.3 Å². The molecule has 150 valence electrons. The van der Waals surface area contributed by atoms with Crippen molar-refractivity contribution in [3.8, 4) is 5.75 Å². The highest BCUT2D eigenvalue weighted by Crippen LogP contribution is 2.24. The monoisotopic (exact) mass is 404 g/mol. The Morgan fingerprint density at radius 2 is 1.79 bits per heavy atom. The first-order valence-electron chi connectivity index (χ1n) is 9.03. The summed E-state index contributed by atoms with van der Waals surface area (Å²) in [7, 11) is -3.71. The van der Waals surface area contributed by atoms with Crippen LogP contribution in [-0.2, 0) is 19.6 Å². The standard InChI is InChI=1S/C20H24N2O5S/c1-15-3-5-17(6-4-15)21-28(24,25)18-7-8-19(16(2)13-18)27-14-20(23)22-9-11-26-12-10-22/h3-8,13,21H,9-12,14H2,1-2H3. The van der Waals surface area contributed by atoms with Gasteiger partial charge in [0.05, 0.1) is 18.1 Å². The summed E-state index contributed by atoms with van der Waals surface area (Å²) in [5, 5.41) is 0. The Labute approximate surface area is 165 Å². The number of rotatable bonds is 6. The third-order valence-corrected chi connectivity index (χ3v) is 5.85. The van der Waals surface area contributed by atoms with Crippen LogP contribution in [-0.4, -0.2) is 52.1 Å².